The fraction of sp³-hybridized carbons (Fsp3) is 0.179. The zero-order chi connectivity index (χ0) is 104. The number of quaternary nitrogens is 2. The highest BCUT2D eigenvalue weighted by molar-refractivity contribution is 6.15. The molecule has 145 heavy (non-hydrogen) atoms. The maximum Gasteiger partial charge on any atom is 0.430 e. The van der Waals surface area contributed by atoms with E-state index in [-0.39, 0.29) is 17.5 Å². The number of carboxylic acids is 2. The van der Waals surface area contributed by atoms with E-state index in [0.717, 1.165) is 148 Å². The van der Waals surface area contributed by atoms with E-state index in [4.69, 9.17) is 92.3 Å². The maximum absolute atomic E-state index is 11.9. The molecule has 18 rings (SSSR count). The van der Waals surface area contributed by atoms with Gasteiger partial charge in [0.25, 0.3) is 22.9 Å². The molecule has 0 fully saturated rings. The molecule has 0 aliphatic carbocycles. The molecule has 2 aliphatic heterocycles. The lowest BCUT2D eigenvalue weighted by Gasteiger charge is -2.19. The number of hydrogen-bond donors (Lipinski definition) is 6. The van der Waals surface area contributed by atoms with E-state index < -0.39 is 47.7 Å². The van der Waals surface area contributed by atoms with Crippen molar-refractivity contribution in [3.63, 3.8) is 0 Å². The van der Waals surface area contributed by atoms with Crippen LogP contribution in [0.15, 0.2) is 287 Å². The molecular weight excluding hydrogens is 1870 g/mol. The molecule has 8 aromatic heterocycles. The second kappa shape index (κ2) is 48.1. The van der Waals surface area contributed by atoms with Crippen molar-refractivity contribution in [3.05, 3.63) is 323 Å². The van der Waals surface area contributed by atoms with Crippen LogP contribution in [0.2, 0.25) is 0 Å². The quantitative estimate of drug-likeness (QED) is 0.0172. The molecule has 0 saturated carbocycles. The summed E-state index contributed by atoms with van der Waals surface area (Å²) < 4.78 is 73.7. The minimum absolute atomic E-state index is 0.218. The molecular formula is C106H94F6N24O9. The molecule has 0 radical (unpaired) electrons. The molecule has 0 bridgehead atoms. The van der Waals surface area contributed by atoms with Crippen LogP contribution in [0.1, 0.15) is 109 Å². The van der Waals surface area contributed by atoms with Gasteiger partial charge in [-0.15, -0.1) is 0 Å². The molecule has 2 aliphatic rings. The number of hydrazine groups is 1. The van der Waals surface area contributed by atoms with Crippen molar-refractivity contribution in [1.82, 2.24) is 75.9 Å². The Morgan fingerprint density at radius 1 is 0.352 bits per heavy atom. The van der Waals surface area contributed by atoms with E-state index in [0.29, 0.717) is 70.9 Å². The number of nitrogens with one attached hydrogen (secondary N) is 3. The number of alkyl halides is 6. The van der Waals surface area contributed by atoms with Crippen LogP contribution in [0.4, 0.5) is 47.6 Å². The number of amides is 3. The summed E-state index contributed by atoms with van der Waals surface area (Å²) in [6.07, 6.45) is -9.87. The van der Waals surface area contributed by atoms with Crippen LogP contribution in [0.5, 0.6) is 0 Å². The summed E-state index contributed by atoms with van der Waals surface area (Å²) in [5.74, 6) is -1.10. The Kier molecular flexibility index (Phi) is 35.1. The van der Waals surface area contributed by atoms with Gasteiger partial charge in [-0.2, -0.15) is 46.7 Å². The zero-order valence-electron chi connectivity index (χ0n) is 79.6. The third-order valence-corrected chi connectivity index (χ3v) is 20.4. The van der Waals surface area contributed by atoms with Crippen molar-refractivity contribution in [2.45, 2.75) is 125 Å². The number of ether oxygens (including phenoxy) is 2. The first-order chi connectivity index (χ1) is 69.2. The number of fused-ring (bicyclic) bond motifs is 4. The lowest BCUT2D eigenvalue weighted by atomic mass is 10.0. The summed E-state index contributed by atoms with van der Waals surface area (Å²) >= 11 is 0. The number of nitrogens with zero attached hydrogens (tertiary/aromatic N) is 18. The molecule has 16 aromatic rings. The molecule has 0 atom stereocenters. The highest BCUT2D eigenvalue weighted by Gasteiger charge is 2.31. The van der Waals surface area contributed by atoms with E-state index >= 15 is 0 Å². The Morgan fingerprint density at radius 3 is 0.807 bits per heavy atom. The predicted octanol–water partition coefficient (Wildman–Crippen LogP) is 16.8. The average Bonchev–Trinajstić information content (AvgIpc) is 1.74. The van der Waals surface area contributed by atoms with E-state index in [9.17, 15) is 40.7 Å². The molecule has 0 saturated heterocycles. The molecule has 0 spiro atoms. The van der Waals surface area contributed by atoms with Crippen LogP contribution >= 0.6 is 0 Å². The van der Waals surface area contributed by atoms with Crippen LogP contribution in [-0.4, -0.2) is 136 Å². The molecule has 3 amide bonds. The standard InChI is InChI=1S/2C26H23N5O2.2C24H20N6.2C2HF3O2.C2H6N2O/c1-26(2,3)33-25(32)28-16-17-10-12-19(13-11-17)22-23(18-8-6-5-7-9-18)31-24-20(29-22)14-15-21(27-4)30-24;1-26(2,3)33-25(32)28-16-17-10-12-19(13-11-17)23-22(18-8-6-5-7-9-18)29-20-14-15-21(27-4)30-24(20)31-23;1-15-13-21(30-29-15)19-11-12-20-24(27-19)28-23(17-5-3-2-4-6-17)22(26-20)18-9-7-16(14-25)8-10-18;1-15-13-21(30-29-15)19-11-12-20-24(27-19)28-23(18-9-7-16(14-25)8-10-18)22(26-20)17-5-3-2-4-6-17;2*3-2(4,5)1(6)7;1-2(5)4-3/h2*5-15H,16H2,1-3H3,(H,28,32);2*2-12H,13-14,25H2,1H3;2*(H,6,7);3H2,1H3,(H,4,5). The summed E-state index contributed by atoms with van der Waals surface area (Å²) in [6, 6.07) is 86.6. The largest absolute Gasteiger partial charge is 0.542 e. The second-order valence-electron chi connectivity index (χ2n) is 33.9. The fourth-order valence-electron chi connectivity index (χ4n) is 13.6. The van der Waals surface area contributed by atoms with Crippen LogP contribution in [0.25, 0.3) is 144 Å². The minimum atomic E-state index is -5.19. The van der Waals surface area contributed by atoms with Crippen molar-refractivity contribution in [2.75, 3.05) is 0 Å². The maximum atomic E-state index is 11.9. The molecule has 39 heteroatoms. The number of aliphatic carboxylic acids is 2. The van der Waals surface area contributed by atoms with Gasteiger partial charge in [-0.3, -0.25) is 10.2 Å². The SMILES string of the molecule is CC(=O)NN.CC1=NN=C(c2ccc3nc(-c4ccc(C[NH3+])cc4)c(-c4ccccc4)nc3n2)C1.CC1=NN=C(c2ccc3nc(-c4ccccc4)c(-c4ccc(C[NH3+])cc4)nc3n2)C1.O=C([O-])C(F)(F)F.O=C([O-])C(F)(F)F.[C-]#[N+]c1ccc2nc(-c3ccc(CNC(=O)OC(C)(C)C)cc3)c(-c3ccccc3)nc2n1.[C-]#[N+]c1ccc2nc(-c3ccccc3)c(-c3ccc(CNC(=O)OC(C)(C)C)cc3)nc2n1. The summed E-state index contributed by atoms with van der Waals surface area (Å²) in [7, 11) is 0. The van der Waals surface area contributed by atoms with E-state index in [1.807, 2.05) is 243 Å². The second-order valence-corrected chi connectivity index (χ2v) is 33.9. The van der Waals surface area contributed by atoms with Gasteiger partial charge in [0, 0.05) is 99.9 Å². The van der Waals surface area contributed by atoms with Gasteiger partial charge in [0.1, 0.15) is 56.6 Å². The molecule has 734 valence electrons. The number of rotatable bonds is 16. The van der Waals surface area contributed by atoms with Crippen molar-refractivity contribution in [3.8, 4) is 90.1 Å². The van der Waals surface area contributed by atoms with Gasteiger partial charge < -0.3 is 61.1 Å². The lowest BCUT2D eigenvalue weighted by molar-refractivity contribution is -0.386. The van der Waals surface area contributed by atoms with Gasteiger partial charge in [-0.25, -0.2) is 65.3 Å². The number of alkyl carbamates (subject to hydrolysis) is 2. The summed E-state index contributed by atoms with van der Waals surface area (Å²) in [4.78, 5) is 115. The normalized spacial score (nSPS) is 11.9. The highest BCUT2D eigenvalue weighted by Crippen LogP contribution is 2.38. The minimum Gasteiger partial charge on any atom is -0.542 e. The Balaban J connectivity index is 0.000000162. The van der Waals surface area contributed by atoms with Crippen molar-refractivity contribution >= 4 is 109 Å². The fourth-order valence-corrected chi connectivity index (χ4v) is 13.6. The third kappa shape index (κ3) is 29.9. The number of pyridine rings is 4. The number of carbonyl (C=O) groups excluding carboxylic acids is 5. The number of halogens is 6. The average molecular weight is 1960 g/mol. The molecule has 11 N–H and O–H groups in total. The van der Waals surface area contributed by atoms with Gasteiger partial charge >= 0.3 is 24.5 Å². The van der Waals surface area contributed by atoms with Gasteiger partial charge in [0.2, 0.25) is 5.91 Å². The van der Waals surface area contributed by atoms with E-state index in [2.05, 4.69) is 129 Å². The lowest BCUT2D eigenvalue weighted by Crippen LogP contribution is -2.47. The van der Waals surface area contributed by atoms with Gasteiger partial charge in [-0.05, 0) is 115 Å². The first kappa shape index (κ1) is 106. The van der Waals surface area contributed by atoms with Gasteiger partial charge in [0.05, 0.1) is 70.1 Å². The Morgan fingerprint density at radius 2 is 0.586 bits per heavy atom. The zero-order valence-corrected chi connectivity index (χ0v) is 79.6. The molecule has 8 aromatic carbocycles. The van der Waals surface area contributed by atoms with Gasteiger partial charge in [0.15, 0.2) is 11.3 Å². The van der Waals surface area contributed by atoms with Crippen LogP contribution < -0.4 is 43.6 Å². The molecule has 33 nitrogen and oxygen atoms in total. The number of aromatic nitrogens is 12. The number of carboxylic acid groups (broad SMARTS) is 2. The smallest absolute Gasteiger partial charge is 0.430 e. The summed E-state index contributed by atoms with van der Waals surface area (Å²) in [5.41, 5.74) is 36.9. The number of nitrogens with two attached hydrogens (primary N) is 1. The number of benzene rings is 8. The summed E-state index contributed by atoms with van der Waals surface area (Å²) in [5, 5.41) is 39.9. The monoisotopic (exact) mass is 1960 g/mol. The van der Waals surface area contributed by atoms with E-state index in [1.165, 1.54) is 18.1 Å². The van der Waals surface area contributed by atoms with Gasteiger partial charge in [-0.1, -0.05) is 242 Å². The predicted molar refractivity (Wildman–Crippen MR) is 533 cm³/mol. The van der Waals surface area contributed by atoms with Crippen molar-refractivity contribution in [1.29, 1.82) is 0 Å². The van der Waals surface area contributed by atoms with Crippen molar-refractivity contribution < 1.29 is 81.5 Å². The van der Waals surface area contributed by atoms with E-state index in [1.54, 1.807) is 24.3 Å². The Hall–Kier alpha value is -18.2. The van der Waals surface area contributed by atoms with Crippen LogP contribution in [0.3, 0.4) is 0 Å². The third-order valence-electron chi connectivity index (χ3n) is 20.4. The molecule has 0 unspecified atom stereocenters. The highest BCUT2D eigenvalue weighted by atomic mass is 19.4. The van der Waals surface area contributed by atoms with Crippen molar-refractivity contribution in [2.24, 2.45) is 26.2 Å². The first-order valence-corrected chi connectivity index (χ1v) is 44.6. The number of hydrogen-bond acceptors (Lipinski definition) is 26. The first-order valence-electron chi connectivity index (χ1n) is 44.6. The molecule has 10 heterocycles. The van der Waals surface area contributed by atoms with Crippen LogP contribution in [-0.2, 0) is 50.0 Å². The Labute approximate surface area is 826 Å². The topological polar surface area (TPSA) is 480 Å². The summed E-state index contributed by atoms with van der Waals surface area (Å²) in [6.45, 7) is 32.9. The number of carbonyl (C=O) groups is 5. The Bertz CT molecular complexity index is 7580. The van der Waals surface area contributed by atoms with Crippen LogP contribution in [0, 0.1) is 13.1 Å².